The van der Waals surface area contributed by atoms with E-state index in [4.69, 9.17) is 18.9 Å². The number of carbonyl (C=O) groups excluding carboxylic acids is 1. The van der Waals surface area contributed by atoms with Crippen molar-refractivity contribution < 1.29 is 34.0 Å². The standard InChI is InChI=1S/C15H26N2O7.ClH/c18-11(9-17-2-6-21-7-3-17)16-8-10-14-12(19)13(20)15(24-10)23-5-1-4-22-14;/h10,12-15,19-20H,1-9H2,(H,16,18);1H. The molecule has 4 heterocycles. The molecule has 10 heteroatoms. The van der Waals surface area contributed by atoms with Gasteiger partial charge in [-0.1, -0.05) is 0 Å². The normalized spacial score (nSPS) is 36.6. The van der Waals surface area contributed by atoms with Crippen LogP contribution in [-0.2, 0) is 23.7 Å². The molecule has 0 spiro atoms. The van der Waals surface area contributed by atoms with Gasteiger partial charge in [0.25, 0.3) is 0 Å². The Balaban J connectivity index is 0.00000225. The maximum atomic E-state index is 12.1. The molecule has 4 saturated heterocycles. The Morgan fingerprint density at radius 3 is 2.56 bits per heavy atom. The Bertz CT molecular complexity index is 423. The summed E-state index contributed by atoms with van der Waals surface area (Å²) in [6, 6.07) is 0. The number of carbonyl (C=O) groups is 1. The van der Waals surface area contributed by atoms with Gasteiger partial charge in [0.05, 0.1) is 26.4 Å². The van der Waals surface area contributed by atoms with Gasteiger partial charge < -0.3 is 34.5 Å². The Morgan fingerprint density at radius 2 is 1.80 bits per heavy atom. The maximum absolute atomic E-state index is 12.1. The van der Waals surface area contributed by atoms with Crippen LogP contribution in [-0.4, -0.2) is 104 Å². The van der Waals surface area contributed by atoms with Crippen LogP contribution in [0, 0.1) is 0 Å². The fourth-order valence-electron chi connectivity index (χ4n) is 3.12. The van der Waals surface area contributed by atoms with Crippen LogP contribution in [0.2, 0.25) is 0 Å². The van der Waals surface area contributed by atoms with E-state index < -0.39 is 30.7 Å². The fourth-order valence-corrected chi connectivity index (χ4v) is 3.12. The van der Waals surface area contributed by atoms with Crippen molar-refractivity contribution in [2.45, 2.75) is 37.1 Å². The zero-order valence-electron chi connectivity index (χ0n) is 14.0. The molecular weight excluding hydrogens is 356 g/mol. The molecule has 4 aliphatic heterocycles. The largest absolute Gasteiger partial charge is 0.387 e. The maximum Gasteiger partial charge on any atom is 0.234 e. The summed E-state index contributed by atoms with van der Waals surface area (Å²) in [7, 11) is 0. The molecule has 25 heavy (non-hydrogen) atoms. The third kappa shape index (κ3) is 5.48. The van der Waals surface area contributed by atoms with Crippen molar-refractivity contribution in [2.24, 2.45) is 0 Å². The number of hydrogen-bond acceptors (Lipinski definition) is 8. The number of nitrogens with zero attached hydrogens (tertiary/aromatic N) is 1. The highest BCUT2D eigenvalue weighted by molar-refractivity contribution is 5.85. The first kappa shape index (κ1) is 20.8. The summed E-state index contributed by atoms with van der Waals surface area (Å²) in [6.45, 7) is 4.03. The Morgan fingerprint density at radius 1 is 1.08 bits per heavy atom. The van der Waals surface area contributed by atoms with Crippen molar-refractivity contribution in [1.82, 2.24) is 10.2 Å². The SMILES string of the molecule is Cl.O=C(CN1CCOCC1)NCC1OC2OCCCOC1C(O)C2O. The van der Waals surface area contributed by atoms with Crippen molar-refractivity contribution in [1.29, 1.82) is 0 Å². The Labute approximate surface area is 152 Å². The van der Waals surface area contributed by atoms with Crippen LogP contribution in [0.25, 0.3) is 0 Å². The number of fused-ring (bicyclic) bond motifs is 6. The van der Waals surface area contributed by atoms with Gasteiger partial charge in [-0.3, -0.25) is 9.69 Å². The number of aliphatic hydroxyl groups is 2. The number of nitrogens with one attached hydrogen (secondary N) is 1. The molecule has 0 aromatic carbocycles. The molecule has 0 radical (unpaired) electrons. The molecule has 0 aliphatic carbocycles. The summed E-state index contributed by atoms with van der Waals surface area (Å²) in [5.74, 6) is -0.118. The number of amides is 1. The molecule has 4 aliphatic rings. The van der Waals surface area contributed by atoms with E-state index in [1.54, 1.807) is 0 Å². The van der Waals surface area contributed by atoms with E-state index in [2.05, 4.69) is 5.32 Å². The monoisotopic (exact) mass is 382 g/mol. The first-order valence-corrected chi connectivity index (χ1v) is 8.47. The van der Waals surface area contributed by atoms with Crippen molar-refractivity contribution in [2.75, 3.05) is 52.6 Å². The molecule has 1 amide bonds. The van der Waals surface area contributed by atoms with Crippen molar-refractivity contribution in [3.05, 3.63) is 0 Å². The summed E-state index contributed by atoms with van der Waals surface area (Å²) in [6.07, 6.45) is -3.77. The lowest BCUT2D eigenvalue weighted by atomic mass is 9.98. The second-order valence-corrected chi connectivity index (χ2v) is 6.28. The predicted molar refractivity (Wildman–Crippen MR) is 88.5 cm³/mol. The Kier molecular flexibility index (Phi) is 8.30. The molecular formula is C15H27ClN2O7. The molecule has 2 bridgehead atoms. The summed E-state index contributed by atoms with van der Waals surface area (Å²) in [5, 5.41) is 23.1. The van der Waals surface area contributed by atoms with E-state index in [-0.39, 0.29) is 24.9 Å². The number of rotatable bonds is 4. The van der Waals surface area contributed by atoms with Crippen LogP contribution in [0.15, 0.2) is 0 Å². The van der Waals surface area contributed by atoms with Gasteiger partial charge in [0.1, 0.15) is 24.4 Å². The summed E-state index contributed by atoms with van der Waals surface area (Å²) >= 11 is 0. The van der Waals surface area contributed by atoms with E-state index >= 15 is 0 Å². The second kappa shape index (κ2) is 9.98. The molecule has 3 N–H and O–H groups in total. The molecule has 0 saturated carbocycles. The van der Waals surface area contributed by atoms with Gasteiger partial charge in [-0.15, -0.1) is 12.4 Å². The van der Waals surface area contributed by atoms with E-state index in [0.717, 1.165) is 13.1 Å². The van der Waals surface area contributed by atoms with Gasteiger partial charge in [0.15, 0.2) is 6.29 Å². The minimum absolute atomic E-state index is 0. The smallest absolute Gasteiger partial charge is 0.234 e. The first-order chi connectivity index (χ1) is 11.6. The average molecular weight is 383 g/mol. The lowest BCUT2D eigenvalue weighted by molar-refractivity contribution is -0.292. The van der Waals surface area contributed by atoms with Gasteiger partial charge in [-0.25, -0.2) is 0 Å². The van der Waals surface area contributed by atoms with Gasteiger partial charge in [0.2, 0.25) is 5.91 Å². The number of aliphatic hydroxyl groups excluding tert-OH is 2. The molecule has 5 unspecified atom stereocenters. The Hall–Kier alpha value is -0.520. The molecule has 146 valence electrons. The van der Waals surface area contributed by atoms with E-state index in [9.17, 15) is 15.0 Å². The van der Waals surface area contributed by atoms with Crippen LogP contribution >= 0.6 is 12.4 Å². The predicted octanol–water partition coefficient (Wildman–Crippen LogP) is -1.89. The fraction of sp³-hybridized carbons (Fsp3) is 0.933. The first-order valence-electron chi connectivity index (χ1n) is 8.47. The van der Waals surface area contributed by atoms with E-state index in [1.165, 1.54) is 0 Å². The zero-order valence-corrected chi connectivity index (χ0v) is 14.9. The second-order valence-electron chi connectivity index (χ2n) is 6.28. The van der Waals surface area contributed by atoms with E-state index in [1.807, 2.05) is 4.90 Å². The summed E-state index contributed by atoms with van der Waals surface area (Å²) < 4.78 is 22.0. The van der Waals surface area contributed by atoms with Gasteiger partial charge >= 0.3 is 0 Å². The zero-order chi connectivity index (χ0) is 16.9. The lowest BCUT2D eigenvalue weighted by Gasteiger charge is -2.41. The molecule has 0 aromatic heterocycles. The lowest BCUT2D eigenvalue weighted by Crippen LogP contribution is -2.61. The summed E-state index contributed by atoms with van der Waals surface area (Å²) in [4.78, 5) is 14.1. The summed E-state index contributed by atoms with van der Waals surface area (Å²) in [5.41, 5.74) is 0. The van der Waals surface area contributed by atoms with Crippen molar-refractivity contribution in [3.63, 3.8) is 0 Å². The average Bonchev–Trinajstić information content (AvgIpc) is 2.73. The molecule has 4 fully saturated rings. The van der Waals surface area contributed by atoms with Crippen molar-refractivity contribution in [3.8, 4) is 0 Å². The van der Waals surface area contributed by atoms with Crippen LogP contribution in [0.5, 0.6) is 0 Å². The number of morpholine rings is 1. The molecule has 0 aromatic rings. The number of ether oxygens (including phenoxy) is 4. The van der Waals surface area contributed by atoms with Gasteiger partial charge in [-0.2, -0.15) is 0 Å². The minimum atomic E-state index is -1.16. The quantitative estimate of drug-likeness (QED) is 0.518. The van der Waals surface area contributed by atoms with Gasteiger partial charge in [-0.05, 0) is 6.42 Å². The molecule has 9 nitrogen and oxygen atoms in total. The van der Waals surface area contributed by atoms with Gasteiger partial charge in [0, 0.05) is 26.2 Å². The highest BCUT2D eigenvalue weighted by atomic mass is 35.5. The van der Waals surface area contributed by atoms with Crippen LogP contribution < -0.4 is 5.32 Å². The highest BCUT2D eigenvalue weighted by Crippen LogP contribution is 2.25. The van der Waals surface area contributed by atoms with E-state index in [0.29, 0.717) is 39.4 Å². The van der Waals surface area contributed by atoms with Crippen molar-refractivity contribution >= 4 is 18.3 Å². The number of halogens is 1. The third-order valence-corrected chi connectivity index (χ3v) is 4.49. The highest BCUT2D eigenvalue weighted by Gasteiger charge is 2.46. The van der Waals surface area contributed by atoms with Crippen LogP contribution in [0.1, 0.15) is 6.42 Å². The molecule has 5 atom stereocenters. The van der Waals surface area contributed by atoms with Crippen LogP contribution in [0.4, 0.5) is 0 Å². The molecule has 4 rings (SSSR count). The third-order valence-electron chi connectivity index (χ3n) is 4.49. The van der Waals surface area contributed by atoms with Crippen LogP contribution in [0.3, 0.4) is 0 Å². The topological polar surface area (TPSA) is 110 Å². The number of hydrogen-bond donors (Lipinski definition) is 3. The minimum Gasteiger partial charge on any atom is -0.387 e.